The molecule has 6 nitrogen and oxygen atoms in total. The second-order valence-corrected chi connectivity index (χ2v) is 6.32. The van der Waals surface area contributed by atoms with Crippen molar-refractivity contribution in [1.29, 1.82) is 5.26 Å². The van der Waals surface area contributed by atoms with Gasteiger partial charge >= 0.3 is 6.18 Å². The molecule has 0 spiro atoms. The number of methoxy groups -OCH3 is 2. The van der Waals surface area contributed by atoms with E-state index >= 15 is 0 Å². The maximum Gasteiger partial charge on any atom is 0.451 e. The van der Waals surface area contributed by atoms with Gasteiger partial charge in [-0.1, -0.05) is 0 Å². The van der Waals surface area contributed by atoms with Gasteiger partial charge in [0.05, 0.1) is 19.7 Å². The third-order valence-corrected chi connectivity index (χ3v) is 4.33. The van der Waals surface area contributed by atoms with Crippen LogP contribution in [-0.4, -0.2) is 24.2 Å². The normalized spacial score (nSPS) is 11.1. The van der Waals surface area contributed by atoms with E-state index in [9.17, 15) is 13.2 Å². The molecule has 0 unspecified atom stereocenters. The fraction of sp³-hybridized carbons (Fsp3) is 0.167. The summed E-state index contributed by atoms with van der Waals surface area (Å²) in [4.78, 5) is 7.99. The highest BCUT2D eigenvalue weighted by molar-refractivity contribution is 8.03. The van der Waals surface area contributed by atoms with E-state index in [1.165, 1.54) is 26.4 Å². The summed E-state index contributed by atoms with van der Waals surface area (Å²) in [5.41, 5.74) is 0.560. The Morgan fingerprint density at radius 2 is 1.68 bits per heavy atom. The van der Waals surface area contributed by atoms with Crippen molar-refractivity contribution in [2.75, 3.05) is 19.5 Å². The molecule has 1 heterocycles. The van der Waals surface area contributed by atoms with Crippen LogP contribution in [0, 0.1) is 10.7 Å². The molecule has 144 valence electrons. The summed E-state index contributed by atoms with van der Waals surface area (Å²) in [6, 6.07) is 9.50. The van der Waals surface area contributed by atoms with Crippen LogP contribution in [0.15, 0.2) is 41.3 Å². The van der Waals surface area contributed by atoms with Gasteiger partial charge in [-0.15, -0.1) is 0 Å². The molecule has 3 rings (SSSR count). The van der Waals surface area contributed by atoms with Crippen LogP contribution in [0.3, 0.4) is 0 Å². The quantitative estimate of drug-likeness (QED) is 0.473. The molecule has 3 aromatic rings. The second-order valence-electron chi connectivity index (χ2n) is 5.46. The number of nitriles is 1. The summed E-state index contributed by atoms with van der Waals surface area (Å²) >= 11 is 0.981. The molecule has 0 aliphatic heterocycles. The fourth-order valence-electron chi connectivity index (χ4n) is 2.47. The molecule has 0 fully saturated rings. The Hall–Kier alpha value is -3.19. The van der Waals surface area contributed by atoms with E-state index < -0.39 is 12.0 Å². The monoisotopic (exact) mass is 406 g/mol. The van der Waals surface area contributed by atoms with Gasteiger partial charge in [-0.25, -0.2) is 9.97 Å². The smallest absolute Gasteiger partial charge is 0.451 e. The highest BCUT2D eigenvalue weighted by atomic mass is 32.2. The van der Waals surface area contributed by atoms with Gasteiger partial charge in [0, 0.05) is 22.0 Å². The largest absolute Gasteiger partial charge is 0.493 e. The number of thioether (sulfide) groups is 1. The summed E-state index contributed by atoms with van der Waals surface area (Å²) in [5.74, 6) is -0.710. The van der Waals surface area contributed by atoms with Gasteiger partial charge in [-0.3, -0.25) is 0 Å². The Labute approximate surface area is 162 Å². The number of alkyl halides is 3. The van der Waals surface area contributed by atoms with Crippen LogP contribution in [0.2, 0.25) is 0 Å². The van der Waals surface area contributed by atoms with Crippen molar-refractivity contribution in [2.45, 2.75) is 11.1 Å². The summed E-state index contributed by atoms with van der Waals surface area (Å²) < 4.78 is 50.1. The average Bonchev–Trinajstić information content (AvgIpc) is 2.67. The Morgan fingerprint density at radius 1 is 1.04 bits per heavy atom. The number of nitrogens with zero attached hydrogens (tertiary/aromatic N) is 3. The van der Waals surface area contributed by atoms with Crippen LogP contribution in [0.5, 0.6) is 11.5 Å². The molecular formula is C18H13F3N4O2S. The van der Waals surface area contributed by atoms with Crippen molar-refractivity contribution >= 4 is 34.2 Å². The van der Waals surface area contributed by atoms with Crippen molar-refractivity contribution in [3.63, 3.8) is 0 Å². The van der Waals surface area contributed by atoms with Crippen LogP contribution in [-0.2, 0) is 6.18 Å². The SMILES string of the molecule is COc1cc2nc(C(F)(F)F)nc(Nc3ccc(SC#N)cc3)c2cc1OC. The molecule has 0 amide bonds. The lowest BCUT2D eigenvalue weighted by molar-refractivity contribution is -0.144. The lowest BCUT2D eigenvalue weighted by atomic mass is 10.2. The highest BCUT2D eigenvalue weighted by Gasteiger charge is 2.35. The number of hydrogen-bond donors (Lipinski definition) is 1. The van der Waals surface area contributed by atoms with E-state index in [1.807, 2.05) is 5.40 Å². The standard InChI is InChI=1S/C18H13F3N4O2S/c1-26-14-7-12-13(8-15(14)27-2)24-17(18(19,20)21)25-16(12)23-10-3-5-11(6-4-10)28-9-22/h3-8H,1-2H3,(H,23,24,25). The first-order valence-electron chi connectivity index (χ1n) is 7.79. The summed E-state index contributed by atoms with van der Waals surface area (Å²) in [5, 5.41) is 13.9. The topological polar surface area (TPSA) is 80.1 Å². The zero-order valence-corrected chi connectivity index (χ0v) is 15.5. The number of ether oxygens (including phenoxy) is 2. The number of thiocyanates is 1. The minimum atomic E-state index is -4.72. The van der Waals surface area contributed by atoms with Gasteiger partial charge in [-0.05, 0) is 42.1 Å². The number of anilines is 2. The van der Waals surface area contributed by atoms with Crippen LogP contribution >= 0.6 is 11.8 Å². The predicted molar refractivity (Wildman–Crippen MR) is 98.8 cm³/mol. The van der Waals surface area contributed by atoms with E-state index in [1.54, 1.807) is 24.3 Å². The number of fused-ring (bicyclic) bond motifs is 1. The molecule has 28 heavy (non-hydrogen) atoms. The van der Waals surface area contributed by atoms with Gasteiger partial charge in [-0.2, -0.15) is 18.4 Å². The Bertz CT molecular complexity index is 1050. The zero-order chi connectivity index (χ0) is 20.3. The molecule has 0 saturated carbocycles. The summed E-state index contributed by atoms with van der Waals surface area (Å²) in [6.45, 7) is 0. The van der Waals surface area contributed by atoms with Crippen molar-refractivity contribution < 1.29 is 22.6 Å². The number of aromatic nitrogens is 2. The van der Waals surface area contributed by atoms with E-state index in [0.717, 1.165) is 11.8 Å². The second kappa shape index (κ2) is 7.82. The van der Waals surface area contributed by atoms with Gasteiger partial charge < -0.3 is 14.8 Å². The molecule has 1 N–H and O–H groups in total. The van der Waals surface area contributed by atoms with Crippen molar-refractivity contribution in [3.05, 3.63) is 42.2 Å². The molecule has 1 aromatic heterocycles. The van der Waals surface area contributed by atoms with E-state index in [0.29, 0.717) is 21.7 Å². The number of hydrogen-bond acceptors (Lipinski definition) is 7. The Balaban J connectivity index is 2.13. The van der Waals surface area contributed by atoms with Crippen LogP contribution in [0.1, 0.15) is 5.82 Å². The van der Waals surface area contributed by atoms with Gasteiger partial charge in [0.25, 0.3) is 0 Å². The maximum atomic E-state index is 13.3. The molecule has 0 bridgehead atoms. The summed E-state index contributed by atoms with van der Waals surface area (Å²) in [7, 11) is 2.81. The number of nitrogens with one attached hydrogen (secondary N) is 1. The van der Waals surface area contributed by atoms with Crippen molar-refractivity contribution in [3.8, 4) is 16.9 Å². The van der Waals surface area contributed by atoms with Gasteiger partial charge in [0.2, 0.25) is 5.82 Å². The first kappa shape index (κ1) is 19.6. The molecule has 2 aromatic carbocycles. The molecule has 10 heteroatoms. The molecule has 0 saturated heterocycles. The number of benzene rings is 2. The number of halogens is 3. The Morgan fingerprint density at radius 3 is 2.25 bits per heavy atom. The molecule has 0 atom stereocenters. The third-order valence-electron chi connectivity index (χ3n) is 3.74. The fourth-order valence-corrected chi connectivity index (χ4v) is 2.85. The average molecular weight is 406 g/mol. The minimum Gasteiger partial charge on any atom is -0.493 e. The van der Waals surface area contributed by atoms with Gasteiger partial charge in [0.15, 0.2) is 11.5 Å². The maximum absolute atomic E-state index is 13.3. The summed E-state index contributed by atoms with van der Waals surface area (Å²) in [6.07, 6.45) is -4.72. The minimum absolute atomic E-state index is 0.0287. The molecule has 0 aliphatic carbocycles. The molecule has 0 aliphatic rings. The van der Waals surface area contributed by atoms with Crippen molar-refractivity contribution in [1.82, 2.24) is 9.97 Å². The van der Waals surface area contributed by atoms with Crippen LogP contribution in [0.4, 0.5) is 24.7 Å². The van der Waals surface area contributed by atoms with E-state index in [2.05, 4.69) is 15.3 Å². The predicted octanol–water partition coefficient (Wildman–Crippen LogP) is 4.98. The zero-order valence-electron chi connectivity index (χ0n) is 14.7. The lowest BCUT2D eigenvalue weighted by Crippen LogP contribution is -2.13. The van der Waals surface area contributed by atoms with Crippen molar-refractivity contribution in [2.24, 2.45) is 0 Å². The Kier molecular flexibility index (Phi) is 5.46. The van der Waals surface area contributed by atoms with E-state index in [-0.39, 0.29) is 17.1 Å². The van der Waals surface area contributed by atoms with E-state index in [4.69, 9.17) is 14.7 Å². The first-order valence-corrected chi connectivity index (χ1v) is 8.61. The first-order chi connectivity index (χ1) is 13.4. The third kappa shape index (κ3) is 4.04. The van der Waals surface area contributed by atoms with Gasteiger partial charge in [0.1, 0.15) is 11.2 Å². The lowest BCUT2D eigenvalue weighted by Gasteiger charge is -2.15. The van der Waals surface area contributed by atoms with Crippen LogP contribution < -0.4 is 14.8 Å². The number of rotatable bonds is 5. The van der Waals surface area contributed by atoms with Crippen LogP contribution in [0.25, 0.3) is 10.9 Å². The molecular weight excluding hydrogens is 393 g/mol. The molecule has 0 radical (unpaired) electrons. The highest BCUT2D eigenvalue weighted by Crippen LogP contribution is 2.37.